The molecule has 0 radical (unpaired) electrons. The van der Waals surface area contributed by atoms with Gasteiger partial charge in [-0.15, -0.1) is 10.2 Å². The largest absolute Gasteiger partial charge is 0.329 e. The fourth-order valence-corrected chi connectivity index (χ4v) is 3.19. The van der Waals surface area contributed by atoms with Crippen LogP contribution in [0.3, 0.4) is 0 Å². The Labute approximate surface area is 110 Å². The van der Waals surface area contributed by atoms with Gasteiger partial charge in [-0.3, -0.25) is 4.79 Å². The van der Waals surface area contributed by atoms with Crippen molar-refractivity contribution in [2.75, 3.05) is 6.54 Å². The van der Waals surface area contributed by atoms with Crippen molar-refractivity contribution in [1.82, 2.24) is 25.5 Å². The third-order valence-electron chi connectivity index (χ3n) is 4.61. The second-order valence-corrected chi connectivity index (χ2v) is 5.56. The highest BCUT2D eigenvalue weighted by Gasteiger charge is 2.49. The first-order valence-electron chi connectivity index (χ1n) is 6.85. The molecule has 1 aliphatic heterocycles. The highest BCUT2D eigenvalue weighted by Crippen LogP contribution is 2.47. The number of alkyl halides is 1. The molecule has 3 rings (SSSR count). The summed E-state index contributed by atoms with van der Waals surface area (Å²) < 4.78 is 13.7. The number of likely N-dealkylation sites (tertiary alicyclic amines) is 1. The molecule has 6 nitrogen and oxygen atoms in total. The van der Waals surface area contributed by atoms with Crippen LogP contribution < -0.4 is 0 Å². The molecule has 2 unspecified atom stereocenters. The van der Waals surface area contributed by atoms with Crippen LogP contribution in [0.4, 0.5) is 4.39 Å². The van der Waals surface area contributed by atoms with E-state index < -0.39 is 6.17 Å². The Bertz CT molecular complexity index is 453. The minimum atomic E-state index is -0.999. The molecule has 0 bridgehead atoms. The predicted octanol–water partition coefficient (Wildman–Crippen LogP) is 1.39. The molecule has 1 saturated carbocycles. The average Bonchev–Trinajstić information content (AvgIpc) is 2.96. The summed E-state index contributed by atoms with van der Waals surface area (Å²) in [5.74, 6) is 0.482. The summed E-state index contributed by atoms with van der Waals surface area (Å²) in [4.78, 5) is 14.3. The fraction of sp³-hybridized carbons (Fsp3) is 0.833. The van der Waals surface area contributed by atoms with Crippen molar-refractivity contribution in [2.45, 2.75) is 51.2 Å². The zero-order valence-electron chi connectivity index (χ0n) is 11.0. The molecule has 104 valence electrons. The van der Waals surface area contributed by atoms with Gasteiger partial charge in [0.25, 0.3) is 0 Å². The molecule has 1 saturated heterocycles. The van der Waals surface area contributed by atoms with Crippen molar-refractivity contribution in [2.24, 2.45) is 5.41 Å². The number of carbonyl (C=O) groups is 1. The van der Waals surface area contributed by atoms with Gasteiger partial charge in [-0.2, -0.15) is 5.21 Å². The number of nitrogens with zero attached hydrogens (tertiary/aromatic N) is 4. The van der Waals surface area contributed by atoms with E-state index in [1.165, 1.54) is 0 Å². The lowest BCUT2D eigenvalue weighted by Crippen LogP contribution is -2.47. The van der Waals surface area contributed by atoms with Gasteiger partial charge in [-0.05, 0) is 19.3 Å². The highest BCUT2D eigenvalue weighted by molar-refractivity contribution is 5.84. The molecule has 2 atom stereocenters. The van der Waals surface area contributed by atoms with Gasteiger partial charge in [0.15, 0.2) is 5.82 Å². The number of rotatable bonds is 3. The molecule has 2 fully saturated rings. The molecule has 1 amide bonds. The van der Waals surface area contributed by atoms with Crippen LogP contribution in [-0.2, 0) is 4.79 Å². The number of aromatic nitrogens is 4. The quantitative estimate of drug-likeness (QED) is 0.898. The third-order valence-corrected chi connectivity index (χ3v) is 4.61. The Morgan fingerprint density at radius 2 is 2.37 bits per heavy atom. The number of aromatic amines is 1. The van der Waals surface area contributed by atoms with Gasteiger partial charge in [0.1, 0.15) is 6.17 Å². The van der Waals surface area contributed by atoms with E-state index in [4.69, 9.17) is 0 Å². The van der Waals surface area contributed by atoms with Crippen molar-refractivity contribution >= 4 is 5.91 Å². The molecule has 1 aliphatic carbocycles. The first-order valence-corrected chi connectivity index (χ1v) is 6.85. The number of hydrogen-bond donors (Lipinski definition) is 1. The number of H-pyrrole nitrogens is 1. The van der Waals surface area contributed by atoms with E-state index in [-0.39, 0.29) is 30.3 Å². The SMILES string of the molecule is CCC1(C(=O)N2CC(F)CC2c2nn[nH]n2)CCC1. The molecule has 1 aromatic rings. The molecular weight excluding hydrogens is 249 g/mol. The van der Waals surface area contributed by atoms with Crippen molar-refractivity contribution in [1.29, 1.82) is 0 Å². The standard InChI is InChI=1S/C12H18FN5O/c1-2-12(4-3-5-12)11(19)18-7-8(13)6-9(18)10-14-16-17-15-10/h8-9H,2-7H2,1H3,(H,14,15,16,17). The van der Waals surface area contributed by atoms with E-state index in [1.807, 2.05) is 6.92 Å². The van der Waals surface area contributed by atoms with E-state index >= 15 is 0 Å². The smallest absolute Gasteiger partial charge is 0.229 e. The van der Waals surface area contributed by atoms with Crippen molar-refractivity contribution in [3.05, 3.63) is 5.82 Å². The minimum Gasteiger partial charge on any atom is -0.329 e. The number of halogens is 1. The van der Waals surface area contributed by atoms with E-state index in [2.05, 4.69) is 20.6 Å². The first kappa shape index (κ1) is 12.5. The van der Waals surface area contributed by atoms with Crippen molar-refractivity contribution in [3.8, 4) is 0 Å². The molecule has 2 heterocycles. The number of amides is 1. The second kappa shape index (κ2) is 4.54. The Hall–Kier alpha value is -1.53. The van der Waals surface area contributed by atoms with Gasteiger partial charge in [-0.25, -0.2) is 4.39 Å². The Balaban J connectivity index is 1.84. The summed E-state index contributed by atoms with van der Waals surface area (Å²) >= 11 is 0. The maximum Gasteiger partial charge on any atom is 0.229 e. The van der Waals surface area contributed by atoms with E-state index in [0.717, 1.165) is 25.7 Å². The molecule has 1 N–H and O–H groups in total. The van der Waals surface area contributed by atoms with Crippen LogP contribution >= 0.6 is 0 Å². The van der Waals surface area contributed by atoms with Crippen LogP contribution in [-0.4, -0.2) is 44.1 Å². The van der Waals surface area contributed by atoms with Gasteiger partial charge in [-0.1, -0.05) is 18.6 Å². The van der Waals surface area contributed by atoms with Crippen LogP contribution in [0.5, 0.6) is 0 Å². The summed E-state index contributed by atoms with van der Waals surface area (Å²) in [5, 5.41) is 13.7. The first-order chi connectivity index (χ1) is 9.16. The summed E-state index contributed by atoms with van der Waals surface area (Å²) in [5.41, 5.74) is -0.272. The maximum atomic E-state index is 13.7. The summed E-state index contributed by atoms with van der Waals surface area (Å²) in [7, 11) is 0. The molecule has 19 heavy (non-hydrogen) atoms. The number of tetrazole rings is 1. The number of hydrogen-bond acceptors (Lipinski definition) is 4. The zero-order valence-corrected chi connectivity index (χ0v) is 11.0. The van der Waals surface area contributed by atoms with Crippen molar-refractivity contribution in [3.63, 3.8) is 0 Å². The summed E-state index contributed by atoms with van der Waals surface area (Å²) in [6.07, 6.45) is 2.99. The summed E-state index contributed by atoms with van der Waals surface area (Å²) in [6.45, 7) is 2.18. The maximum absolute atomic E-state index is 13.7. The van der Waals surface area contributed by atoms with Gasteiger partial charge in [0, 0.05) is 11.8 Å². The second-order valence-electron chi connectivity index (χ2n) is 5.56. The third kappa shape index (κ3) is 1.91. The topological polar surface area (TPSA) is 74.8 Å². The molecule has 2 aliphatic rings. The van der Waals surface area contributed by atoms with E-state index in [0.29, 0.717) is 5.82 Å². The number of carbonyl (C=O) groups excluding carboxylic acids is 1. The molecule has 0 spiro atoms. The van der Waals surface area contributed by atoms with Gasteiger partial charge >= 0.3 is 0 Å². The van der Waals surface area contributed by atoms with Crippen LogP contribution in [0, 0.1) is 5.41 Å². The van der Waals surface area contributed by atoms with Gasteiger partial charge < -0.3 is 4.90 Å². The van der Waals surface area contributed by atoms with Gasteiger partial charge in [0.05, 0.1) is 12.6 Å². The lowest BCUT2D eigenvalue weighted by Gasteiger charge is -2.43. The zero-order chi connectivity index (χ0) is 13.5. The molecule has 0 aromatic carbocycles. The fourth-order valence-electron chi connectivity index (χ4n) is 3.19. The number of nitrogens with one attached hydrogen (secondary N) is 1. The lowest BCUT2D eigenvalue weighted by molar-refractivity contribution is -0.149. The van der Waals surface area contributed by atoms with Crippen LogP contribution in [0.2, 0.25) is 0 Å². The van der Waals surface area contributed by atoms with Crippen LogP contribution in [0.1, 0.15) is 50.9 Å². The molecular formula is C12H18FN5O. The van der Waals surface area contributed by atoms with Crippen molar-refractivity contribution < 1.29 is 9.18 Å². The summed E-state index contributed by atoms with van der Waals surface area (Å²) in [6, 6.07) is -0.370. The van der Waals surface area contributed by atoms with Crippen LogP contribution in [0.15, 0.2) is 0 Å². The van der Waals surface area contributed by atoms with Crippen LogP contribution in [0.25, 0.3) is 0 Å². The Morgan fingerprint density at radius 1 is 1.58 bits per heavy atom. The van der Waals surface area contributed by atoms with E-state index in [1.54, 1.807) is 4.90 Å². The average molecular weight is 267 g/mol. The Kier molecular flexibility index (Phi) is 2.99. The predicted molar refractivity (Wildman–Crippen MR) is 64.7 cm³/mol. The van der Waals surface area contributed by atoms with Gasteiger partial charge in [0.2, 0.25) is 5.91 Å². The normalized spacial score (nSPS) is 29.3. The molecule has 1 aromatic heterocycles. The highest BCUT2D eigenvalue weighted by atomic mass is 19.1. The Morgan fingerprint density at radius 3 is 2.89 bits per heavy atom. The minimum absolute atomic E-state index is 0.0659. The monoisotopic (exact) mass is 267 g/mol. The lowest BCUT2D eigenvalue weighted by atomic mass is 9.66. The van der Waals surface area contributed by atoms with E-state index in [9.17, 15) is 9.18 Å². The molecule has 7 heteroatoms.